The number of furan rings is 1. The number of rotatable bonds is 5. The molecule has 0 bridgehead atoms. The zero-order valence-electron chi connectivity index (χ0n) is 16.8. The molecule has 1 aliphatic heterocycles. The van der Waals surface area contributed by atoms with Crippen molar-refractivity contribution in [1.82, 2.24) is 19.5 Å². The highest BCUT2D eigenvalue weighted by molar-refractivity contribution is 5.71. The van der Waals surface area contributed by atoms with Gasteiger partial charge < -0.3 is 9.15 Å². The van der Waals surface area contributed by atoms with Crippen LogP contribution in [0.3, 0.4) is 0 Å². The fourth-order valence-electron chi connectivity index (χ4n) is 4.19. The van der Waals surface area contributed by atoms with E-state index in [-0.39, 0.29) is 11.7 Å². The first-order valence-electron chi connectivity index (χ1n) is 10.1. The summed E-state index contributed by atoms with van der Waals surface area (Å²) < 4.78 is 26.2. The lowest BCUT2D eigenvalue weighted by molar-refractivity contribution is 0.196. The van der Waals surface area contributed by atoms with Gasteiger partial charge in [-0.05, 0) is 55.8 Å². The summed E-state index contributed by atoms with van der Waals surface area (Å²) in [6.07, 6.45) is 7.59. The number of ether oxygens (including phenoxy) is 1. The van der Waals surface area contributed by atoms with Crippen LogP contribution in [0, 0.1) is 5.82 Å². The predicted molar refractivity (Wildman–Crippen MR) is 111 cm³/mol. The van der Waals surface area contributed by atoms with Crippen molar-refractivity contribution in [1.29, 1.82) is 0 Å². The monoisotopic (exact) mass is 406 g/mol. The van der Waals surface area contributed by atoms with Crippen molar-refractivity contribution in [3.8, 4) is 16.9 Å². The second kappa shape index (κ2) is 7.91. The van der Waals surface area contributed by atoms with Gasteiger partial charge in [0.1, 0.15) is 11.6 Å². The van der Waals surface area contributed by atoms with Crippen LogP contribution >= 0.6 is 0 Å². The highest BCUT2D eigenvalue weighted by atomic mass is 19.1. The Bertz CT molecular complexity index is 1160. The van der Waals surface area contributed by atoms with Crippen molar-refractivity contribution in [2.24, 2.45) is 0 Å². The van der Waals surface area contributed by atoms with Gasteiger partial charge in [-0.2, -0.15) is 5.10 Å². The zero-order chi connectivity index (χ0) is 20.5. The maximum absolute atomic E-state index is 13.8. The van der Waals surface area contributed by atoms with Crippen LogP contribution in [-0.4, -0.2) is 39.7 Å². The van der Waals surface area contributed by atoms with Gasteiger partial charge in [-0.25, -0.2) is 13.9 Å². The largest absolute Gasteiger partial charge is 0.496 e. The lowest BCUT2D eigenvalue weighted by atomic mass is 9.97. The van der Waals surface area contributed by atoms with Gasteiger partial charge >= 0.3 is 0 Å². The van der Waals surface area contributed by atoms with E-state index in [4.69, 9.17) is 19.2 Å². The molecule has 1 atom stereocenters. The third-order valence-corrected chi connectivity index (χ3v) is 5.68. The number of hydrogen-bond acceptors (Lipinski definition) is 5. The fourth-order valence-corrected chi connectivity index (χ4v) is 4.19. The summed E-state index contributed by atoms with van der Waals surface area (Å²) in [4.78, 5) is 7.19. The Kier molecular flexibility index (Phi) is 4.96. The number of hydrogen-bond donors (Lipinski definition) is 0. The first-order chi connectivity index (χ1) is 14.7. The van der Waals surface area contributed by atoms with E-state index >= 15 is 0 Å². The molecule has 1 unspecified atom stereocenters. The normalized spacial score (nSPS) is 17.5. The van der Waals surface area contributed by atoms with E-state index in [2.05, 4.69) is 4.90 Å². The molecule has 1 fully saturated rings. The molecule has 0 amide bonds. The SMILES string of the molecule is COc1ccc(F)cc1-c1ccc2nc(C3CCCN(Cc4ccoc4)C3)nn2c1. The fraction of sp³-hybridized carbons (Fsp3) is 0.304. The number of benzene rings is 1. The lowest BCUT2D eigenvalue weighted by Crippen LogP contribution is -2.34. The summed E-state index contributed by atoms with van der Waals surface area (Å²) in [6.45, 7) is 2.87. The zero-order valence-corrected chi connectivity index (χ0v) is 16.8. The molecule has 0 radical (unpaired) electrons. The second-order valence-corrected chi connectivity index (χ2v) is 7.74. The predicted octanol–water partition coefficient (Wildman–Crippen LogP) is 4.52. The summed E-state index contributed by atoms with van der Waals surface area (Å²) in [5.41, 5.74) is 3.50. The molecule has 0 N–H and O–H groups in total. The lowest BCUT2D eigenvalue weighted by Gasteiger charge is -2.30. The van der Waals surface area contributed by atoms with E-state index in [9.17, 15) is 4.39 Å². The van der Waals surface area contributed by atoms with Gasteiger partial charge in [-0.15, -0.1) is 0 Å². The molecule has 4 aromatic rings. The van der Waals surface area contributed by atoms with Gasteiger partial charge in [0, 0.05) is 41.9 Å². The molecule has 3 aromatic heterocycles. The quantitative estimate of drug-likeness (QED) is 0.488. The van der Waals surface area contributed by atoms with E-state index < -0.39 is 0 Å². The number of nitrogens with zero attached hydrogens (tertiary/aromatic N) is 4. The van der Waals surface area contributed by atoms with Crippen molar-refractivity contribution in [3.63, 3.8) is 0 Å². The van der Waals surface area contributed by atoms with Crippen LogP contribution < -0.4 is 4.74 Å². The number of halogens is 1. The Balaban J connectivity index is 1.41. The summed E-state index contributed by atoms with van der Waals surface area (Å²) >= 11 is 0. The summed E-state index contributed by atoms with van der Waals surface area (Å²) in [5.74, 6) is 1.47. The number of aromatic nitrogens is 3. The third-order valence-electron chi connectivity index (χ3n) is 5.68. The summed E-state index contributed by atoms with van der Waals surface area (Å²) in [5, 5.41) is 4.76. The van der Waals surface area contributed by atoms with Crippen molar-refractivity contribution < 1.29 is 13.5 Å². The summed E-state index contributed by atoms with van der Waals surface area (Å²) in [6, 6.07) is 10.4. The molecule has 0 spiro atoms. The van der Waals surface area contributed by atoms with E-state index in [1.807, 2.05) is 24.4 Å². The molecule has 5 rings (SSSR count). The molecule has 0 saturated carbocycles. The minimum Gasteiger partial charge on any atom is -0.496 e. The molecule has 7 heteroatoms. The smallest absolute Gasteiger partial charge is 0.156 e. The van der Waals surface area contributed by atoms with Gasteiger partial charge in [-0.3, -0.25) is 4.90 Å². The van der Waals surface area contributed by atoms with Crippen molar-refractivity contribution in [2.45, 2.75) is 25.3 Å². The van der Waals surface area contributed by atoms with Gasteiger partial charge in [0.05, 0.1) is 19.6 Å². The molecule has 1 aliphatic rings. The van der Waals surface area contributed by atoms with Gasteiger partial charge in [-0.1, -0.05) is 0 Å². The van der Waals surface area contributed by atoms with Gasteiger partial charge in [0.2, 0.25) is 0 Å². The number of fused-ring (bicyclic) bond motifs is 1. The highest BCUT2D eigenvalue weighted by Crippen LogP contribution is 2.31. The van der Waals surface area contributed by atoms with Crippen LogP contribution in [0.4, 0.5) is 4.39 Å². The van der Waals surface area contributed by atoms with Crippen LogP contribution in [0.5, 0.6) is 5.75 Å². The maximum atomic E-state index is 13.8. The molecule has 1 saturated heterocycles. The molecule has 30 heavy (non-hydrogen) atoms. The number of piperidine rings is 1. The number of methoxy groups -OCH3 is 1. The Morgan fingerprint density at radius 1 is 1.23 bits per heavy atom. The van der Waals surface area contributed by atoms with Crippen LogP contribution in [0.1, 0.15) is 30.1 Å². The van der Waals surface area contributed by atoms with E-state index in [0.29, 0.717) is 11.3 Å². The van der Waals surface area contributed by atoms with Gasteiger partial charge in [0.15, 0.2) is 11.5 Å². The molecule has 1 aromatic carbocycles. The number of pyridine rings is 1. The topological polar surface area (TPSA) is 55.8 Å². The van der Waals surface area contributed by atoms with Crippen LogP contribution in [0.2, 0.25) is 0 Å². The average Bonchev–Trinajstić information content (AvgIpc) is 3.43. The van der Waals surface area contributed by atoms with Crippen LogP contribution in [0.25, 0.3) is 16.8 Å². The van der Waals surface area contributed by atoms with Crippen molar-refractivity contribution >= 4 is 5.65 Å². The van der Waals surface area contributed by atoms with Crippen molar-refractivity contribution in [2.75, 3.05) is 20.2 Å². The third kappa shape index (κ3) is 3.68. The molecule has 154 valence electrons. The Hall–Kier alpha value is -3.19. The molecule has 6 nitrogen and oxygen atoms in total. The first-order valence-corrected chi connectivity index (χ1v) is 10.1. The molecule has 0 aliphatic carbocycles. The average molecular weight is 406 g/mol. The van der Waals surface area contributed by atoms with E-state index in [0.717, 1.165) is 49.5 Å². The van der Waals surface area contributed by atoms with E-state index in [1.165, 1.54) is 17.7 Å². The van der Waals surface area contributed by atoms with Crippen molar-refractivity contribution in [3.05, 3.63) is 72.3 Å². The Morgan fingerprint density at radius 2 is 2.17 bits per heavy atom. The minimum absolute atomic E-state index is 0.290. The molecule has 4 heterocycles. The highest BCUT2D eigenvalue weighted by Gasteiger charge is 2.25. The Morgan fingerprint density at radius 3 is 3.00 bits per heavy atom. The minimum atomic E-state index is -0.301. The summed E-state index contributed by atoms with van der Waals surface area (Å²) in [7, 11) is 1.58. The molecular weight excluding hydrogens is 383 g/mol. The molecular formula is C23H23FN4O2. The van der Waals surface area contributed by atoms with E-state index in [1.54, 1.807) is 30.2 Å². The first kappa shape index (κ1) is 18.8. The van der Waals surface area contributed by atoms with Gasteiger partial charge in [0.25, 0.3) is 0 Å². The maximum Gasteiger partial charge on any atom is 0.156 e. The van der Waals surface area contributed by atoms with Crippen LogP contribution in [0.15, 0.2) is 59.5 Å². The number of likely N-dealkylation sites (tertiary alicyclic amines) is 1. The standard InChI is InChI=1S/C23H23FN4O2/c1-29-21-6-5-19(24)11-20(21)17-4-7-22-25-23(26-28(22)14-17)18-3-2-9-27(13-18)12-16-8-10-30-15-16/h4-8,10-11,14-15,18H,2-3,9,12-13H2,1H3. The Labute approximate surface area is 173 Å². The second-order valence-electron chi connectivity index (χ2n) is 7.74. The van der Waals surface area contributed by atoms with Crippen LogP contribution in [-0.2, 0) is 6.54 Å².